The molecule has 0 spiro atoms. The second-order valence-electron chi connectivity index (χ2n) is 6.68. The first kappa shape index (κ1) is 19.5. The Morgan fingerprint density at radius 3 is 2.61 bits per heavy atom. The van der Waals surface area contributed by atoms with Gasteiger partial charge >= 0.3 is 0 Å². The van der Waals surface area contributed by atoms with Gasteiger partial charge in [0.25, 0.3) is 5.91 Å². The first-order valence-corrected chi connectivity index (χ1v) is 9.35. The first-order chi connectivity index (χ1) is 13.5. The summed E-state index contributed by atoms with van der Waals surface area (Å²) < 4.78 is 5.01. The van der Waals surface area contributed by atoms with Crippen molar-refractivity contribution in [1.29, 1.82) is 0 Å². The van der Waals surface area contributed by atoms with Gasteiger partial charge < -0.3 is 25.7 Å². The third-order valence-electron chi connectivity index (χ3n) is 4.61. The van der Waals surface area contributed by atoms with Crippen molar-refractivity contribution in [1.82, 2.24) is 5.32 Å². The molecule has 1 aliphatic heterocycles. The molecule has 2 aromatic rings. The van der Waals surface area contributed by atoms with E-state index in [0.29, 0.717) is 24.2 Å². The van der Waals surface area contributed by atoms with Gasteiger partial charge in [0.15, 0.2) is 5.76 Å². The van der Waals surface area contributed by atoms with E-state index >= 15 is 0 Å². The van der Waals surface area contributed by atoms with Gasteiger partial charge in [-0.2, -0.15) is 0 Å². The molecule has 0 radical (unpaired) electrons. The molecule has 1 fully saturated rings. The summed E-state index contributed by atoms with van der Waals surface area (Å²) >= 11 is 0. The van der Waals surface area contributed by atoms with Crippen molar-refractivity contribution < 1.29 is 18.8 Å². The van der Waals surface area contributed by atoms with Gasteiger partial charge in [-0.15, -0.1) is 0 Å². The van der Waals surface area contributed by atoms with E-state index in [4.69, 9.17) is 10.2 Å². The largest absolute Gasteiger partial charge is 0.459 e. The smallest absolute Gasteiger partial charge is 0.286 e. The highest BCUT2D eigenvalue weighted by atomic mass is 16.3. The van der Waals surface area contributed by atoms with Crippen molar-refractivity contribution >= 4 is 29.1 Å². The summed E-state index contributed by atoms with van der Waals surface area (Å²) in [5.74, 6) is -0.794. The number of hydrogen-bond acceptors (Lipinski definition) is 5. The lowest BCUT2D eigenvalue weighted by molar-refractivity contribution is -0.116. The van der Waals surface area contributed by atoms with Crippen LogP contribution in [0.25, 0.3) is 0 Å². The Morgan fingerprint density at radius 1 is 1.14 bits per heavy atom. The quantitative estimate of drug-likeness (QED) is 0.603. The van der Waals surface area contributed by atoms with Crippen LogP contribution in [0.4, 0.5) is 11.4 Å². The van der Waals surface area contributed by atoms with E-state index in [1.807, 2.05) is 6.07 Å². The summed E-state index contributed by atoms with van der Waals surface area (Å²) in [5.41, 5.74) is 7.20. The molecule has 0 unspecified atom stereocenters. The van der Waals surface area contributed by atoms with Gasteiger partial charge in [0.2, 0.25) is 11.8 Å². The molecule has 0 saturated carbocycles. The standard InChI is InChI=1S/C20H24N4O4/c21-19(26)14-7-8-16(24-10-1-2-11-24)15(13-14)23-18(25)6-3-9-22-20(27)17-5-4-12-28-17/h4-5,7-8,12-13H,1-3,6,9-11H2,(H2,21,26)(H,22,27)(H,23,25). The van der Waals surface area contributed by atoms with E-state index in [1.54, 1.807) is 24.3 Å². The second kappa shape index (κ2) is 9.07. The highest BCUT2D eigenvalue weighted by Crippen LogP contribution is 2.30. The van der Waals surface area contributed by atoms with Crippen molar-refractivity contribution in [2.24, 2.45) is 5.73 Å². The van der Waals surface area contributed by atoms with Crippen molar-refractivity contribution in [3.63, 3.8) is 0 Å². The molecular weight excluding hydrogens is 360 g/mol. The van der Waals surface area contributed by atoms with Gasteiger partial charge in [-0.25, -0.2) is 0 Å². The lowest BCUT2D eigenvalue weighted by Gasteiger charge is -2.22. The van der Waals surface area contributed by atoms with Crippen molar-refractivity contribution in [3.05, 3.63) is 47.9 Å². The topological polar surface area (TPSA) is 118 Å². The van der Waals surface area contributed by atoms with Gasteiger partial charge in [-0.3, -0.25) is 14.4 Å². The van der Waals surface area contributed by atoms with Gasteiger partial charge in [0, 0.05) is 31.6 Å². The molecule has 1 aliphatic rings. The number of benzene rings is 1. The van der Waals surface area contributed by atoms with E-state index in [-0.39, 0.29) is 24.0 Å². The van der Waals surface area contributed by atoms with Crippen LogP contribution >= 0.6 is 0 Å². The summed E-state index contributed by atoms with van der Waals surface area (Å²) in [6.45, 7) is 2.18. The molecule has 148 valence electrons. The Kier molecular flexibility index (Phi) is 6.31. The van der Waals surface area contributed by atoms with Crippen LogP contribution in [-0.4, -0.2) is 37.4 Å². The highest BCUT2D eigenvalue weighted by molar-refractivity contribution is 5.99. The normalized spacial score (nSPS) is 13.4. The van der Waals surface area contributed by atoms with Crippen molar-refractivity contribution in [3.8, 4) is 0 Å². The zero-order valence-corrected chi connectivity index (χ0v) is 15.6. The van der Waals surface area contributed by atoms with Gasteiger partial charge in [0.05, 0.1) is 17.6 Å². The average Bonchev–Trinajstić information content (AvgIpc) is 3.38. The number of amides is 3. The Labute approximate surface area is 163 Å². The van der Waals surface area contributed by atoms with E-state index in [9.17, 15) is 14.4 Å². The van der Waals surface area contributed by atoms with E-state index < -0.39 is 5.91 Å². The average molecular weight is 384 g/mol. The number of carbonyl (C=O) groups excluding carboxylic acids is 3. The van der Waals surface area contributed by atoms with Crippen molar-refractivity contribution in [2.75, 3.05) is 29.9 Å². The molecule has 3 amide bonds. The van der Waals surface area contributed by atoms with Crippen LogP contribution in [0.15, 0.2) is 41.0 Å². The third kappa shape index (κ3) is 4.91. The first-order valence-electron chi connectivity index (χ1n) is 9.35. The molecule has 1 aromatic carbocycles. The molecule has 0 atom stereocenters. The molecule has 8 nitrogen and oxygen atoms in total. The van der Waals surface area contributed by atoms with E-state index in [1.165, 1.54) is 6.26 Å². The molecule has 0 bridgehead atoms. The fraction of sp³-hybridized carbons (Fsp3) is 0.350. The zero-order valence-electron chi connectivity index (χ0n) is 15.6. The number of nitrogens with one attached hydrogen (secondary N) is 2. The number of carbonyl (C=O) groups is 3. The second-order valence-corrected chi connectivity index (χ2v) is 6.68. The maximum absolute atomic E-state index is 12.4. The third-order valence-corrected chi connectivity index (χ3v) is 4.61. The van der Waals surface area contributed by atoms with Crippen LogP contribution in [0.5, 0.6) is 0 Å². The summed E-state index contributed by atoms with van der Waals surface area (Å²) in [6.07, 6.45) is 4.34. The number of anilines is 2. The number of hydrogen-bond donors (Lipinski definition) is 3. The predicted molar refractivity (Wildman–Crippen MR) is 105 cm³/mol. The highest BCUT2D eigenvalue weighted by Gasteiger charge is 2.18. The monoisotopic (exact) mass is 384 g/mol. The molecule has 3 rings (SSSR count). The fourth-order valence-electron chi connectivity index (χ4n) is 3.18. The SMILES string of the molecule is NC(=O)c1ccc(N2CCCC2)c(NC(=O)CCCNC(=O)c2ccco2)c1. The molecule has 1 aromatic heterocycles. The van der Waals surface area contributed by atoms with E-state index in [0.717, 1.165) is 31.6 Å². The Hall–Kier alpha value is -3.29. The number of primary amides is 1. The zero-order chi connectivity index (χ0) is 19.9. The van der Waals surface area contributed by atoms with Crippen LogP contribution in [0.2, 0.25) is 0 Å². The maximum Gasteiger partial charge on any atom is 0.286 e. The minimum Gasteiger partial charge on any atom is -0.459 e. The van der Waals surface area contributed by atoms with Crippen LogP contribution < -0.4 is 21.3 Å². The Morgan fingerprint density at radius 2 is 1.93 bits per heavy atom. The van der Waals surface area contributed by atoms with Gasteiger partial charge in [-0.1, -0.05) is 0 Å². The van der Waals surface area contributed by atoms with Crippen molar-refractivity contribution in [2.45, 2.75) is 25.7 Å². The number of furan rings is 1. The predicted octanol–water partition coefficient (Wildman–Crippen LogP) is 2.13. The fourth-order valence-corrected chi connectivity index (χ4v) is 3.18. The molecule has 4 N–H and O–H groups in total. The minimum atomic E-state index is -0.538. The Balaban J connectivity index is 1.55. The van der Waals surface area contributed by atoms with Gasteiger partial charge in [0.1, 0.15) is 0 Å². The minimum absolute atomic E-state index is 0.186. The summed E-state index contributed by atoms with van der Waals surface area (Å²) in [4.78, 5) is 37.8. The summed E-state index contributed by atoms with van der Waals surface area (Å²) in [7, 11) is 0. The molecule has 0 aliphatic carbocycles. The number of nitrogens with two attached hydrogens (primary N) is 1. The molecule has 8 heteroatoms. The Bertz CT molecular complexity index is 842. The molecular formula is C20H24N4O4. The lowest BCUT2D eigenvalue weighted by atomic mass is 10.1. The molecule has 28 heavy (non-hydrogen) atoms. The summed E-state index contributed by atoms with van der Waals surface area (Å²) in [5, 5.41) is 5.58. The van der Waals surface area contributed by atoms with Crippen LogP contribution in [0.1, 0.15) is 46.6 Å². The van der Waals surface area contributed by atoms with E-state index in [2.05, 4.69) is 15.5 Å². The maximum atomic E-state index is 12.4. The van der Waals surface area contributed by atoms with Crippen LogP contribution in [0.3, 0.4) is 0 Å². The van der Waals surface area contributed by atoms with Crippen LogP contribution in [-0.2, 0) is 4.79 Å². The summed E-state index contributed by atoms with van der Waals surface area (Å²) in [6, 6.07) is 8.33. The number of rotatable bonds is 8. The molecule has 2 heterocycles. The number of nitrogens with zero attached hydrogens (tertiary/aromatic N) is 1. The molecule has 1 saturated heterocycles. The van der Waals surface area contributed by atoms with Gasteiger partial charge in [-0.05, 0) is 49.6 Å². The van der Waals surface area contributed by atoms with Crippen LogP contribution in [0, 0.1) is 0 Å². The lowest BCUT2D eigenvalue weighted by Crippen LogP contribution is -2.25.